The van der Waals surface area contributed by atoms with Gasteiger partial charge in [-0.2, -0.15) is 0 Å². The summed E-state index contributed by atoms with van der Waals surface area (Å²) in [5.41, 5.74) is 1.81. The van der Waals surface area contributed by atoms with Crippen molar-refractivity contribution in [3.05, 3.63) is 65.8 Å². The van der Waals surface area contributed by atoms with Crippen LogP contribution in [-0.2, 0) is 6.54 Å². The first-order valence-corrected chi connectivity index (χ1v) is 7.99. The zero-order valence-corrected chi connectivity index (χ0v) is 13.1. The van der Waals surface area contributed by atoms with E-state index in [1.165, 1.54) is 6.07 Å². The van der Waals surface area contributed by atoms with Crippen molar-refractivity contribution in [1.29, 1.82) is 0 Å². The van der Waals surface area contributed by atoms with E-state index in [1.807, 2.05) is 24.3 Å². The molecule has 4 rings (SSSR count). The van der Waals surface area contributed by atoms with Crippen LogP contribution < -0.4 is 5.32 Å². The van der Waals surface area contributed by atoms with E-state index >= 15 is 0 Å². The lowest BCUT2D eigenvalue weighted by Gasteiger charge is -2.36. The topological polar surface area (TPSA) is 54.4 Å². The number of hydrogen-bond donors (Lipinski definition) is 1. The van der Waals surface area contributed by atoms with E-state index in [9.17, 15) is 4.39 Å². The molecule has 0 amide bonds. The van der Waals surface area contributed by atoms with Crippen molar-refractivity contribution in [3.63, 3.8) is 0 Å². The third-order valence-electron chi connectivity index (χ3n) is 4.28. The van der Waals surface area contributed by atoms with Crippen molar-refractivity contribution < 1.29 is 13.3 Å². The van der Waals surface area contributed by atoms with E-state index in [4.69, 9.17) is 8.94 Å². The Morgan fingerprint density at radius 2 is 2.17 bits per heavy atom. The highest BCUT2D eigenvalue weighted by Crippen LogP contribution is 2.26. The summed E-state index contributed by atoms with van der Waals surface area (Å²) in [6.07, 6.45) is 1.60. The second kappa shape index (κ2) is 6.59. The predicted molar refractivity (Wildman–Crippen MR) is 86.6 cm³/mol. The first-order valence-electron chi connectivity index (χ1n) is 7.99. The third kappa shape index (κ3) is 3.11. The highest BCUT2D eigenvalue weighted by atomic mass is 19.1. The monoisotopic (exact) mass is 327 g/mol. The minimum atomic E-state index is -0.209. The van der Waals surface area contributed by atoms with Crippen LogP contribution in [0.3, 0.4) is 0 Å². The van der Waals surface area contributed by atoms with Gasteiger partial charge in [-0.25, -0.2) is 4.39 Å². The molecular formula is C18H18FN3O2. The molecule has 3 heterocycles. The molecule has 0 spiro atoms. The zero-order valence-electron chi connectivity index (χ0n) is 13.1. The lowest BCUT2D eigenvalue weighted by molar-refractivity contribution is 0.149. The molecule has 0 bridgehead atoms. The number of piperazine rings is 1. The number of aromatic nitrogens is 1. The van der Waals surface area contributed by atoms with Gasteiger partial charge in [0.05, 0.1) is 12.0 Å². The lowest BCUT2D eigenvalue weighted by Crippen LogP contribution is -2.45. The van der Waals surface area contributed by atoms with Gasteiger partial charge in [0.25, 0.3) is 0 Å². The van der Waals surface area contributed by atoms with Gasteiger partial charge < -0.3 is 14.3 Å². The fourth-order valence-corrected chi connectivity index (χ4v) is 3.11. The fraction of sp³-hybridized carbons (Fsp3) is 0.278. The molecule has 0 saturated carbocycles. The van der Waals surface area contributed by atoms with Crippen molar-refractivity contribution in [2.45, 2.75) is 12.6 Å². The molecule has 1 aliphatic rings. The first kappa shape index (κ1) is 15.1. The van der Waals surface area contributed by atoms with Crippen LogP contribution in [-0.4, -0.2) is 29.7 Å². The molecule has 24 heavy (non-hydrogen) atoms. The Bertz CT molecular complexity index is 800. The molecule has 0 aliphatic carbocycles. The quantitative estimate of drug-likeness (QED) is 0.797. The first-order chi connectivity index (χ1) is 11.8. The smallest absolute Gasteiger partial charge is 0.202 e. The van der Waals surface area contributed by atoms with Crippen molar-refractivity contribution in [2.24, 2.45) is 0 Å². The van der Waals surface area contributed by atoms with E-state index in [0.29, 0.717) is 18.1 Å². The number of rotatable bonds is 4. The number of halogens is 1. The second-order valence-corrected chi connectivity index (χ2v) is 5.91. The number of nitrogens with zero attached hydrogens (tertiary/aromatic N) is 2. The Kier molecular flexibility index (Phi) is 4.15. The summed E-state index contributed by atoms with van der Waals surface area (Å²) in [4.78, 5) is 2.29. The summed E-state index contributed by atoms with van der Waals surface area (Å²) in [6, 6.07) is 12.4. The van der Waals surface area contributed by atoms with Crippen molar-refractivity contribution in [3.8, 4) is 11.5 Å². The highest BCUT2D eigenvalue weighted by molar-refractivity contribution is 5.49. The Labute approximate surface area is 139 Å². The van der Waals surface area contributed by atoms with Crippen LogP contribution in [0.4, 0.5) is 4.39 Å². The summed E-state index contributed by atoms with van der Waals surface area (Å²) < 4.78 is 24.3. The summed E-state index contributed by atoms with van der Waals surface area (Å²) in [6.45, 7) is 3.19. The number of nitrogens with one attached hydrogen (secondary N) is 1. The summed E-state index contributed by atoms with van der Waals surface area (Å²) in [7, 11) is 0. The number of hydrogen-bond acceptors (Lipinski definition) is 5. The van der Waals surface area contributed by atoms with Gasteiger partial charge in [0.2, 0.25) is 5.76 Å². The van der Waals surface area contributed by atoms with E-state index in [-0.39, 0.29) is 11.9 Å². The maximum absolute atomic E-state index is 13.6. The van der Waals surface area contributed by atoms with E-state index < -0.39 is 0 Å². The Morgan fingerprint density at radius 1 is 1.21 bits per heavy atom. The molecule has 1 aliphatic heterocycles. The summed E-state index contributed by atoms with van der Waals surface area (Å²) in [5, 5.41) is 7.51. The minimum Gasteiger partial charge on any atom is -0.461 e. The van der Waals surface area contributed by atoms with E-state index in [1.54, 1.807) is 18.4 Å². The average Bonchev–Trinajstić information content (AvgIpc) is 3.26. The number of furan rings is 1. The van der Waals surface area contributed by atoms with Gasteiger partial charge in [0.15, 0.2) is 5.76 Å². The fourth-order valence-electron chi connectivity index (χ4n) is 3.11. The maximum atomic E-state index is 13.6. The van der Waals surface area contributed by atoms with Crippen LogP contribution >= 0.6 is 0 Å². The van der Waals surface area contributed by atoms with Crippen LogP contribution in [0, 0.1) is 5.82 Å². The molecule has 1 atom stereocenters. The Hall–Kier alpha value is -2.44. The van der Waals surface area contributed by atoms with Crippen molar-refractivity contribution in [1.82, 2.24) is 15.4 Å². The van der Waals surface area contributed by atoms with Crippen LogP contribution in [0.15, 0.2) is 57.7 Å². The third-order valence-corrected chi connectivity index (χ3v) is 4.28. The molecule has 6 heteroatoms. The molecule has 5 nitrogen and oxygen atoms in total. The van der Waals surface area contributed by atoms with Gasteiger partial charge in [0, 0.05) is 38.3 Å². The zero-order chi connectivity index (χ0) is 16.4. The van der Waals surface area contributed by atoms with Gasteiger partial charge in [-0.05, 0) is 29.8 Å². The Morgan fingerprint density at radius 3 is 3.00 bits per heavy atom. The largest absolute Gasteiger partial charge is 0.461 e. The molecule has 2 aromatic heterocycles. The van der Waals surface area contributed by atoms with Gasteiger partial charge in [-0.15, -0.1) is 0 Å². The second-order valence-electron chi connectivity index (χ2n) is 5.91. The van der Waals surface area contributed by atoms with Gasteiger partial charge in [-0.1, -0.05) is 17.3 Å². The van der Waals surface area contributed by atoms with Crippen molar-refractivity contribution >= 4 is 0 Å². The average molecular weight is 327 g/mol. The normalized spacial score (nSPS) is 18.8. The maximum Gasteiger partial charge on any atom is 0.202 e. The predicted octanol–water partition coefficient (Wildman–Crippen LogP) is 3.22. The molecule has 124 valence electrons. The standard InChI is InChI=1S/C18H18FN3O2/c19-14-4-1-3-13(9-14)16-11-20-6-7-22(16)12-15-10-18(24-21-15)17-5-2-8-23-17/h1-5,8-10,16,20H,6-7,11-12H2. The molecule has 0 radical (unpaired) electrons. The summed E-state index contributed by atoms with van der Waals surface area (Å²) >= 11 is 0. The number of benzene rings is 1. The Balaban J connectivity index is 1.53. The lowest BCUT2D eigenvalue weighted by atomic mass is 10.0. The van der Waals surface area contributed by atoms with E-state index in [2.05, 4.69) is 15.4 Å². The van der Waals surface area contributed by atoms with Crippen LogP contribution in [0.2, 0.25) is 0 Å². The van der Waals surface area contributed by atoms with Gasteiger partial charge >= 0.3 is 0 Å². The molecule has 1 N–H and O–H groups in total. The SMILES string of the molecule is Fc1cccc(C2CNCCN2Cc2cc(-c3ccco3)on2)c1. The van der Waals surface area contributed by atoms with E-state index in [0.717, 1.165) is 30.9 Å². The molecule has 1 aromatic carbocycles. The molecule has 1 fully saturated rings. The molecular weight excluding hydrogens is 309 g/mol. The molecule has 1 saturated heterocycles. The summed E-state index contributed by atoms with van der Waals surface area (Å²) in [5.74, 6) is 1.07. The van der Waals surface area contributed by atoms with Crippen LogP contribution in [0.1, 0.15) is 17.3 Å². The minimum absolute atomic E-state index is 0.109. The van der Waals surface area contributed by atoms with Crippen LogP contribution in [0.25, 0.3) is 11.5 Å². The van der Waals surface area contributed by atoms with Gasteiger partial charge in [-0.3, -0.25) is 4.90 Å². The van der Waals surface area contributed by atoms with Gasteiger partial charge in [0.1, 0.15) is 5.82 Å². The highest BCUT2D eigenvalue weighted by Gasteiger charge is 2.25. The van der Waals surface area contributed by atoms with Crippen molar-refractivity contribution in [2.75, 3.05) is 19.6 Å². The molecule has 1 unspecified atom stereocenters. The molecule has 3 aromatic rings. The van der Waals surface area contributed by atoms with Crippen LogP contribution in [0.5, 0.6) is 0 Å².